The minimum absolute atomic E-state index is 0.0111. The number of likely N-dealkylation sites (tertiary alicyclic amines) is 1. The van der Waals surface area contributed by atoms with Gasteiger partial charge < -0.3 is 14.5 Å². The van der Waals surface area contributed by atoms with Crippen molar-refractivity contribution in [1.82, 2.24) is 14.0 Å². The van der Waals surface area contributed by atoms with Crippen LogP contribution in [0.25, 0.3) is 11.0 Å². The summed E-state index contributed by atoms with van der Waals surface area (Å²) in [6, 6.07) is 15.1. The number of aryl methyl sites for hydroxylation is 1. The molecule has 0 radical (unpaired) electrons. The van der Waals surface area contributed by atoms with Crippen LogP contribution in [0.15, 0.2) is 53.3 Å². The van der Waals surface area contributed by atoms with Crippen molar-refractivity contribution in [3.8, 4) is 0 Å². The SMILES string of the molecule is Cn1c(=O)n(C2CCC(=O)P(Cc3ccccc3)C2=O)c2cccc(N3C4C[C@@H]3CN(C(=O)OC(C)(C)C)C4)c21. The molecule has 9 nitrogen and oxygen atoms in total. The molecule has 0 aliphatic carbocycles. The Morgan fingerprint density at radius 2 is 1.70 bits per heavy atom. The molecule has 3 unspecified atom stereocenters. The van der Waals surface area contributed by atoms with E-state index in [0.717, 1.165) is 23.2 Å². The van der Waals surface area contributed by atoms with Crippen molar-refractivity contribution in [1.29, 1.82) is 0 Å². The lowest BCUT2D eigenvalue weighted by Crippen LogP contribution is -2.70. The molecule has 1 amide bonds. The number of hydrogen-bond donors (Lipinski definition) is 0. The average molecular weight is 563 g/mol. The van der Waals surface area contributed by atoms with E-state index in [9.17, 15) is 19.2 Å². The Kier molecular flexibility index (Phi) is 6.61. The zero-order chi connectivity index (χ0) is 28.3. The minimum atomic E-state index is -1.54. The van der Waals surface area contributed by atoms with Crippen molar-refractivity contribution in [2.75, 3.05) is 18.0 Å². The number of nitrogens with zero attached hydrogens (tertiary/aromatic N) is 4. The fraction of sp³-hybridized carbons (Fsp3) is 0.467. The Balaban J connectivity index is 1.30. The highest BCUT2D eigenvalue weighted by atomic mass is 31.1. The van der Waals surface area contributed by atoms with Gasteiger partial charge in [-0.3, -0.25) is 18.7 Å². The summed E-state index contributed by atoms with van der Waals surface area (Å²) in [5.41, 5.74) is 2.49. The Labute approximate surface area is 234 Å². The molecule has 4 atom stereocenters. The van der Waals surface area contributed by atoms with Gasteiger partial charge >= 0.3 is 11.8 Å². The van der Waals surface area contributed by atoms with Crippen molar-refractivity contribution in [2.45, 2.75) is 69.9 Å². The van der Waals surface area contributed by atoms with Crippen LogP contribution >= 0.6 is 7.92 Å². The number of piperidine rings is 1. The molecule has 0 N–H and O–H groups in total. The molecule has 210 valence electrons. The van der Waals surface area contributed by atoms with E-state index in [-0.39, 0.29) is 34.9 Å². The number of para-hydroxylation sites is 1. The first-order valence-electron chi connectivity index (χ1n) is 13.9. The van der Waals surface area contributed by atoms with Gasteiger partial charge in [-0.2, -0.15) is 0 Å². The monoisotopic (exact) mass is 562 g/mol. The van der Waals surface area contributed by atoms with Crippen molar-refractivity contribution >= 4 is 41.8 Å². The first-order chi connectivity index (χ1) is 19.0. The number of amides is 1. The number of piperazine rings is 1. The predicted octanol–water partition coefficient (Wildman–Crippen LogP) is 4.61. The number of imidazole rings is 1. The zero-order valence-electron chi connectivity index (χ0n) is 23.4. The molecule has 2 aromatic carbocycles. The quantitative estimate of drug-likeness (QED) is 0.432. The molecule has 2 bridgehead atoms. The molecule has 0 saturated carbocycles. The first kappa shape index (κ1) is 26.8. The summed E-state index contributed by atoms with van der Waals surface area (Å²) < 4.78 is 8.85. The minimum Gasteiger partial charge on any atom is -0.444 e. The van der Waals surface area contributed by atoms with Crippen molar-refractivity contribution in [3.63, 3.8) is 0 Å². The van der Waals surface area contributed by atoms with Crippen LogP contribution in [0.5, 0.6) is 0 Å². The number of rotatable bonds is 4. The summed E-state index contributed by atoms with van der Waals surface area (Å²) >= 11 is 0. The van der Waals surface area contributed by atoms with Crippen molar-refractivity contribution < 1.29 is 19.1 Å². The first-order valence-corrected chi connectivity index (χ1v) is 15.4. The molecule has 10 heteroatoms. The largest absolute Gasteiger partial charge is 0.444 e. The summed E-state index contributed by atoms with van der Waals surface area (Å²) in [6.45, 7) is 6.72. The van der Waals surface area contributed by atoms with Crippen LogP contribution in [0.2, 0.25) is 0 Å². The maximum Gasteiger partial charge on any atom is 0.410 e. The number of hydrogen-bond acceptors (Lipinski definition) is 6. The van der Waals surface area contributed by atoms with Crippen LogP contribution in [-0.4, -0.2) is 62.0 Å². The Bertz CT molecular complexity index is 1540. The molecule has 1 aromatic heterocycles. The smallest absolute Gasteiger partial charge is 0.410 e. The summed E-state index contributed by atoms with van der Waals surface area (Å²) in [6.07, 6.45) is 1.73. The van der Waals surface area contributed by atoms with Crippen molar-refractivity contribution in [2.24, 2.45) is 7.05 Å². The lowest BCUT2D eigenvalue weighted by Gasteiger charge is -2.57. The molecule has 3 fully saturated rings. The van der Waals surface area contributed by atoms with Gasteiger partial charge in [-0.05, 0) is 51.3 Å². The van der Waals surface area contributed by atoms with Gasteiger partial charge in [-0.15, -0.1) is 0 Å². The number of carbonyl (C=O) groups is 3. The van der Waals surface area contributed by atoms with Crippen LogP contribution in [0.3, 0.4) is 0 Å². The average Bonchev–Trinajstić information content (AvgIpc) is 3.16. The Hall–Kier alpha value is -3.45. The van der Waals surface area contributed by atoms with E-state index < -0.39 is 19.6 Å². The van der Waals surface area contributed by atoms with Gasteiger partial charge in [0.1, 0.15) is 11.6 Å². The van der Waals surface area contributed by atoms with E-state index in [4.69, 9.17) is 4.74 Å². The van der Waals surface area contributed by atoms with Crippen LogP contribution in [0.1, 0.15) is 51.6 Å². The van der Waals surface area contributed by atoms with Gasteiger partial charge in [0.05, 0.1) is 16.7 Å². The lowest BCUT2D eigenvalue weighted by molar-refractivity contribution is -0.118. The number of anilines is 1. The van der Waals surface area contributed by atoms with Gasteiger partial charge in [-0.25, -0.2) is 9.59 Å². The molecular weight excluding hydrogens is 527 g/mol. The molecule has 40 heavy (non-hydrogen) atoms. The molecule has 0 spiro atoms. The van der Waals surface area contributed by atoms with E-state index in [0.29, 0.717) is 37.6 Å². The van der Waals surface area contributed by atoms with Crippen LogP contribution < -0.4 is 10.6 Å². The third kappa shape index (κ3) is 4.54. The summed E-state index contributed by atoms with van der Waals surface area (Å²) in [5, 5.41) is 0. The van der Waals surface area contributed by atoms with Gasteiger partial charge in [0, 0.05) is 52.7 Å². The van der Waals surface area contributed by atoms with E-state index in [1.807, 2.05) is 69.3 Å². The second-order valence-electron chi connectivity index (χ2n) is 12.1. The standard InChI is InChI=1S/C30H35N4O5P/c1-30(2,3)39-29(38)32-16-20-15-21(17-32)33(20)22-11-8-12-23-26(22)31(4)28(37)34(23)24-13-14-25(35)40(27(24)36)18-19-9-6-5-7-10-19/h5-12,20-21,24H,13-18H2,1-4H3/t20-,21?,24?,40?/m1/s1. The number of fused-ring (bicyclic) bond motifs is 3. The number of carbonyl (C=O) groups excluding carboxylic acids is 3. The maximum atomic E-state index is 13.8. The van der Waals surface area contributed by atoms with Crippen molar-refractivity contribution in [3.05, 3.63) is 64.6 Å². The van der Waals surface area contributed by atoms with Crippen LogP contribution in [0.4, 0.5) is 10.5 Å². The highest BCUT2D eigenvalue weighted by Gasteiger charge is 2.48. The van der Waals surface area contributed by atoms with Crippen LogP contribution in [-0.2, 0) is 27.5 Å². The molecule has 3 aliphatic rings. The summed E-state index contributed by atoms with van der Waals surface area (Å²) in [7, 11) is 0.209. The number of benzene rings is 2. The molecule has 6 rings (SSSR count). The maximum absolute atomic E-state index is 13.8. The van der Waals surface area contributed by atoms with E-state index >= 15 is 0 Å². The fourth-order valence-corrected chi connectivity index (χ4v) is 8.56. The molecule has 4 heterocycles. The fourth-order valence-electron chi connectivity index (χ4n) is 6.40. The van der Waals surface area contributed by atoms with Gasteiger partial charge in [-0.1, -0.05) is 36.4 Å². The topological polar surface area (TPSA) is 93.9 Å². The van der Waals surface area contributed by atoms with E-state index in [1.54, 1.807) is 21.1 Å². The normalized spacial score (nSPS) is 24.8. The van der Waals surface area contributed by atoms with E-state index in [2.05, 4.69) is 4.90 Å². The lowest BCUT2D eigenvalue weighted by atomic mass is 9.86. The molecule has 3 saturated heterocycles. The predicted molar refractivity (Wildman–Crippen MR) is 155 cm³/mol. The van der Waals surface area contributed by atoms with Crippen LogP contribution in [0, 0.1) is 0 Å². The Morgan fingerprint density at radius 1 is 1.00 bits per heavy atom. The third-order valence-corrected chi connectivity index (χ3v) is 10.5. The van der Waals surface area contributed by atoms with Gasteiger partial charge in [0.2, 0.25) is 0 Å². The third-order valence-electron chi connectivity index (χ3n) is 8.18. The summed E-state index contributed by atoms with van der Waals surface area (Å²) in [5.74, 6) is 0. The second kappa shape index (κ2) is 9.88. The Morgan fingerprint density at radius 3 is 2.38 bits per heavy atom. The van der Waals surface area contributed by atoms with Gasteiger partial charge in [0.25, 0.3) is 0 Å². The number of aromatic nitrogens is 2. The highest BCUT2D eigenvalue weighted by molar-refractivity contribution is 7.88. The summed E-state index contributed by atoms with van der Waals surface area (Å²) in [4.78, 5) is 57.1. The number of ether oxygens (including phenoxy) is 1. The van der Waals surface area contributed by atoms with E-state index in [1.165, 1.54) is 0 Å². The molecular formula is C30H35N4O5P. The highest BCUT2D eigenvalue weighted by Crippen LogP contribution is 2.51. The molecule has 3 aromatic rings. The molecule has 3 aliphatic heterocycles. The van der Waals surface area contributed by atoms with Gasteiger partial charge in [0.15, 0.2) is 11.0 Å². The zero-order valence-corrected chi connectivity index (χ0v) is 24.3. The second-order valence-corrected chi connectivity index (χ2v) is 14.2.